The van der Waals surface area contributed by atoms with Gasteiger partial charge in [0.05, 0.1) is 78.0 Å². The Morgan fingerprint density at radius 3 is 1.23 bits per heavy atom. The summed E-state index contributed by atoms with van der Waals surface area (Å²) in [6.07, 6.45) is 0. The average Bonchev–Trinajstić information content (AvgIpc) is 4.03. The van der Waals surface area contributed by atoms with Crippen molar-refractivity contribution in [2.45, 2.75) is 0 Å². The zero-order chi connectivity index (χ0) is 45.8. The molecule has 9 rings (SSSR count). The Balaban J connectivity index is 1.66. The summed E-state index contributed by atoms with van der Waals surface area (Å²) in [6.45, 7) is 0. The molecule has 7 aromatic rings. The molecule has 8 bridgehead atoms. The number of hydrogen-bond acceptors (Lipinski definition) is 14. The van der Waals surface area contributed by atoms with E-state index in [0.29, 0.717) is 50.8 Å². The van der Waals surface area contributed by atoms with Crippen molar-refractivity contribution in [2.75, 3.05) is 99.0 Å². The van der Waals surface area contributed by atoms with Crippen molar-refractivity contribution in [1.29, 1.82) is 0 Å². The third kappa shape index (κ3) is 5.39. The number of nitrogens with one attached hydrogen (secondary N) is 9. The van der Waals surface area contributed by atoms with Crippen molar-refractivity contribution in [1.82, 2.24) is 39.6 Å². The molecule has 5 heterocycles. The first-order valence-electron chi connectivity index (χ1n) is 19.2. The molecule has 0 unspecified atom stereocenters. The summed E-state index contributed by atoms with van der Waals surface area (Å²) in [4.78, 5) is 30.0. The second kappa shape index (κ2) is 14.9. The van der Waals surface area contributed by atoms with E-state index in [-0.39, 0.29) is 33.9 Å². The van der Waals surface area contributed by atoms with Gasteiger partial charge in [-0.05, 0) is 6.07 Å². The number of aromatic amines is 1. The number of H-pyrrole nitrogens is 1. The molecule has 4 aromatic carbocycles. The molecule has 0 aliphatic carbocycles. The number of nitrogens with zero attached hydrogens (tertiary/aromatic N) is 7. The summed E-state index contributed by atoms with van der Waals surface area (Å²) in [5.41, 5.74) is 3.32. The van der Waals surface area contributed by atoms with Crippen LogP contribution in [0.4, 0.5) is 74.9 Å². The molecule has 0 saturated heterocycles. The molecule has 0 radical (unpaired) electrons. The lowest BCUT2D eigenvalue weighted by Crippen LogP contribution is -2.10. The molecular weight excluding hydrogens is 857 g/mol. The van der Waals surface area contributed by atoms with Gasteiger partial charge in [0.1, 0.15) is 11.3 Å². The van der Waals surface area contributed by atoms with Crippen LogP contribution in [-0.4, -0.2) is 95.9 Å². The van der Waals surface area contributed by atoms with Crippen LogP contribution in [0.25, 0.3) is 89.7 Å². The topological polar surface area (TPSA) is 194 Å². The van der Waals surface area contributed by atoms with Gasteiger partial charge in [0.15, 0.2) is 81.1 Å². The minimum Gasteiger partial charge on any atom is -0.386 e. The molecule has 0 atom stereocenters. The predicted molar refractivity (Wildman–Crippen MR) is 231 cm³/mol. The van der Waals surface area contributed by atoms with Crippen LogP contribution in [0.2, 0.25) is 0 Å². The van der Waals surface area contributed by atoms with Crippen LogP contribution in [-0.2, 0) is 0 Å². The second-order valence-electron chi connectivity index (χ2n) is 14.1. The van der Waals surface area contributed by atoms with Gasteiger partial charge in [0.25, 0.3) is 0 Å². The first-order chi connectivity index (χ1) is 30.7. The van der Waals surface area contributed by atoms with E-state index in [9.17, 15) is 0 Å². The molecule has 2 aliphatic heterocycles. The molecule has 0 spiro atoms. The van der Waals surface area contributed by atoms with Crippen molar-refractivity contribution in [2.24, 2.45) is 0 Å². The van der Waals surface area contributed by atoms with Crippen LogP contribution < -0.4 is 42.6 Å². The maximum absolute atomic E-state index is 16.2. The van der Waals surface area contributed by atoms with Crippen LogP contribution in [0, 0.1) is 46.5 Å². The molecule has 2 aliphatic rings. The highest BCUT2D eigenvalue weighted by Gasteiger charge is 2.36. The van der Waals surface area contributed by atoms with E-state index in [2.05, 4.69) is 67.6 Å². The van der Waals surface area contributed by atoms with Gasteiger partial charge in [-0.1, -0.05) is 0 Å². The van der Waals surface area contributed by atoms with Gasteiger partial charge < -0.3 is 47.6 Å². The quantitative estimate of drug-likeness (QED) is 0.0406. The number of benzene rings is 4. The Hall–Kier alpha value is -7.92. The van der Waals surface area contributed by atoms with E-state index in [1.807, 2.05) is 0 Å². The molecule has 0 saturated carbocycles. The Labute approximate surface area is 355 Å². The van der Waals surface area contributed by atoms with E-state index in [1.165, 1.54) is 11.7 Å². The highest BCUT2D eigenvalue weighted by molar-refractivity contribution is 6.25. The Morgan fingerprint density at radius 2 is 0.797 bits per heavy atom. The van der Waals surface area contributed by atoms with Gasteiger partial charge in [-0.25, -0.2) is 69.7 Å². The van der Waals surface area contributed by atoms with Gasteiger partial charge in [0, 0.05) is 61.9 Å². The number of aromatic nitrogens is 8. The molecule has 3 aromatic heterocycles. The lowest BCUT2D eigenvalue weighted by Gasteiger charge is -2.20. The fraction of sp³-hybridized carbons (Fsp3) is 0.200. The second-order valence-corrected chi connectivity index (χ2v) is 14.1. The Bertz CT molecular complexity index is 3390. The Kier molecular flexibility index (Phi) is 9.63. The zero-order valence-corrected chi connectivity index (χ0v) is 34.7. The van der Waals surface area contributed by atoms with Crippen LogP contribution >= 0.6 is 0 Å². The van der Waals surface area contributed by atoms with E-state index < -0.39 is 91.4 Å². The first kappa shape index (κ1) is 41.4. The number of anilines is 7. The number of hydrogen-bond donors (Lipinski definition) is 9. The van der Waals surface area contributed by atoms with Gasteiger partial charge >= 0.3 is 0 Å². The lowest BCUT2D eigenvalue weighted by molar-refractivity contribution is 0.412. The van der Waals surface area contributed by atoms with E-state index in [4.69, 9.17) is 9.97 Å². The smallest absolute Gasteiger partial charge is 0.198 e. The maximum Gasteiger partial charge on any atom is 0.198 e. The number of fused-ring (bicyclic) bond motifs is 20. The molecule has 9 N–H and O–H groups in total. The largest absolute Gasteiger partial charge is 0.386 e. The van der Waals surface area contributed by atoms with Crippen LogP contribution in [0.5, 0.6) is 0 Å². The molecular formula is C40H34F8N16. The fourth-order valence-electron chi connectivity index (χ4n) is 8.44. The summed E-state index contributed by atoms with van der Waals surface area (Å²) < 4.78 is 126. The standard InChI is InChI=1S/C40H34F8N16/c1-49-11-9-10-12(28(51-3)27(11)50-2)34-57-33(10)58-35-13-14(20(42)24(46)23(45)19(13)41)36(59-35)60-37-15-16(22(44)26(48)25(47)21(15)43)38(61-37)63-40-18-17(39(62-34)64(40)56-8)29(52-4)31(54-6)32(55-7)30(18)53-5/h9,49-56H,1-8H3,(H,57,58,59,60,61,62,63). The van der Waals surface area contributed by atoms with Gasteiger partial charge in [-0.2, -0.15) is 0 Å². The highest BCUT2D eigenvalue weighted by atomic mass is 19.2. The van der Waals surface area contributed by atoms with Crippen molar-refractivity contribution >= 4 is 83.9 Å². The van der Waals surface area contributed by atoms with Crippen LogP contribution in [0.15, 0.2) is 6.07 Å². The fourth-order valence-corrected chi connectivity index (χ4v) is 8.44. The zero-order valence-electron chi connectivity index (χ0n) is 34.7. The molecule has 16 nitrogen and oxygen atoms in total. The van der Waals surface area contributed by atoms with E-state index in [1.54, 1.807) is 55.4 Å². The predicted octanol–water partition coefficient (Wildman–Crippen LogP) is 7.92. The van der Waals surface area contributed by atoms with Gasteiger partial charge in [-0.15, -0.1) is 0 Å². The average molecular weight is 891 g/mol. The summed E-state index contributed by atoms with van der Waals surface area (Å²) in [5.74, 6) is -18.6. The Morgan fingerprint density at radius 1 is 0.391 bits per heavy atom. The SMILES string of the molecule is CNc1cc2c(c(NC)c1NC)-c1nc-2nc2[nH]c(nc3nc(nc4c5c(NC)c(NC)c(NC)c(NC)c5c(n1)n4NC)-c1c(F)c(F)c(F)c(F)c1-3)c1c(F)c(F)c(F)c(F)c21. The van der Waals surface area contributed by atoms with Crippen LogP contribution in [0.1, 0.15) is 0 Å². The molecule has 330 valence electrons. The molecule has 0 amide bonds. The van der Waals surface area contributed by atoms with Crippen molar-refractivity contribution in [3.05, 3.63) is 52.6 Å². The summed E-state index contributed by atoms with van der Waals surface area (Å²) in [6, 6.07) is 1.65. The number of halogens is 8. The van der Waals surface area contributed by atoms with Crippen molar-refractivity contribution < 1.29 is 35.1 Å². The first-order valence-corrected chi connectivity index (χ1v) is 19.2. The monoisotopic (exact) mass is 890 g/mol. The number of rotatable bonds is 8. The highest BCUT2D eigenvalue weighted by Crippen LogP contribution is 2.51. The molecule has 0 fully saturated rings. The molecule has 64 heavy (non-hydrogen) atoms. The molecule has 24 heteroatoms. The minimum atomic E-state index is -2.25. The lowest BCUT2D eigenvalue weighted by atomic mass is 10.0. The van der Waals surface area contributed by atoms with Crippen molar-refractivity contribution in [3.63, 3.8) is 0 Å². The van der Waals surface area contributed by atoms with Gasteiger partial charge in [-0.3, -0.25) is 0 Å². The summed E-state index contributed by atoms with van der Waals surface area (Å²) in [5, 5.41) is 20.7. The summed E-state index contributed by atoms with van der Waals surface area (Å²) in [7, 11) is 13.1. The minimum absolute atomic E-state index is 0.0296. The van der Waals surface area contributed by atoms with Crippen LogP contribution in [0.3, 0.4) is 0 Å². The normalized spacial score (nSPS) is 11.8. The third-order valence-electron chi connectivity index (χ3n) is 11.1. The maximum atomic E-state index is 16.2. The van der Waals surface area contributed by atoms with Crippen molar-refractivity contribution in [3.8, 4) is 45.6 Å². The van der Waals surface area contributed by atoms with E-state index >= 15 is 35.1 Å². The summed E-state index contributed by atoms with van der Waals surface area (Å²) >= 11 is 0. The van der Waals surface area contributed by atoms with E-state index in [0.717, 1.165) is 0 Å². The van der Waals surface area contributed by atoms with Gasteiger partial charge in [0.2, 0.25) is 0 Å². The third-order valence-corrected chi connectivity index (χ3v) is 11.1.